The Morgan fingerprint density at radius 2 is 2.00 bits per heavy atom. The highest BCUT2D eigenvalue weighted by Crippen LogP contribution is 2.01. The number of aromatic amines is 1. The van der Waals surface area contributed by atoms with Crippen LogP contribution in [0, 0.1) is 0 Å². The molecule has 2 rings (SSSR count). The number of benzene rings is 1. The van der Waals surface area contributed by atoms with Gasteiger partial charge in [0.1, 0.15) is 7.11 Å². The van der Waals surface area contributed by atoms with Crippen LogP contribution in [-0.2, 0) is 0 Å². The molecule has 0 radical (unpaired) electrons. The zero-order valence-electron chi connectivity index (χ0n) is 7.48. The molecule has 0 aliphatic rings. The fraction of sp³-hybridized carbons (Fsp3) is 0.111. The molecule has 1 N–H and O–H groups in total. The third-order valence-corrected chi connectivity index (χ3v) is 1.95. The Labute approximate surface area is 78.5 Å². The molecule has 5 nitrogen and oxygen atoms in total. The lowest BCUT2D eigenvalue weighted by Gasteiger charge is -2.02. The van der Waals surface area contributed by atoms with Gasteiger partial charge in [-0.1, -0.05) is 16.9 Å². The van der Waals surface area contributed by atoms with Crippen LogP contribution < -0.4 is 16.1 Å². The van der Waals surface area contributed by atoms with Crippen LogP contribution in [0.15, 0.2) is 33.9 Å². The monoisotopic (exact) mass is 192 g/mol. The average molecular weight is 192 g/mol. The topological polar surface area (TPSA) is 64.1 Å². The summed E-state index contributed by atoms with van der Waals surface area (Å²) in [6.45, 7) is 0. The minimum absolute atomic E-state index is 0.425. The first-order valence-electron chi connectivity index (χ1n) is 4.02. The fourth-order valence-electron chi connectivity index (χ4n) is 1.31. The Hall–Kier alpha value is -2.04. The van der Waals surface area contributed by atoms with Gasteiger partial charge in [0.2, 0.25) is 0 Å². The van der Waals surface area contributed by atoms with E-state index in [4.69, 9.17) is 0 Å². The van der Waals surface area contributed by atoms with Gasteiger partial charge in [-0.15, -0.1) is 0 Å². The van der Waals surface area contributed by atoms with Gasteiger partial charge in [0.15, 0.2) is 0 Å². The Bertz CT molecular complexity index is 582. The summed E-state index contributed by atoms with van der Waals surface area (Å²) in [4.78, 5) is 30.0. The van der Waals surface area contributed by atoms with E-state index in [9.17, 15) is 9.59 Å². The van der Waals surface area contributed by atoms with Crippen molar-refractivity contribution in [1.29, 1.82) is 0 Å². The van der Waals surface area contributed by atoms with Crippen LogP contribution >= 0.6 is 0 Å². The number of nitrogens with one attached hydrogen (secondary N) is 1. The SMILES string of the molecule is COn1c(=O)[nH]c2ccccc2c1=O. The smallest absolute Gasteiger partial charge is 0.362 e. The molecule has 0 fully saturated rings. The molecule has 0 aliphatic carbocycles. The molecule has 0 amide bonds. The summed E-state index contributed by atoms with van der Waals surface area (Å²) < 4.78 is 0.683. The summed E-state index contributed by atoms with van der Waals surface area (Å²) in [5, 5.41) is 0.425. The van der Waals surface area contributed by atoms with Crippen LogP contribution in [0.25, 0.3) is 10.9 Å². The normalized spacial score (nSPS) is 10.4. The number of aromatic nitrogens is 2. The van der Waals surface area contributed by atoms with Gasteiger partial charge >= 0.3 is 5.69 Å². The summed E-state index contributed by atoms with van der Waals surface area (Å²) in [7, 11) is 1.27. The predicted molar refractivity (Wildman–Crippen MR) is 51.3 cm³/mol. The molecule has 0 saturated heterocycles. The zero-order chi connectivity index (χ0) is 10.1. The number of hydrogen-bond donors (Lipinski definition) is 1. The number of fused-ring (bicyclic) bond motifs is 1. The molecule has 0 saturated carbocycles. The molecular formula is C9H8N2O3. The van der Waals surface area contributed by atoms with Crippen molar-refractivity contribution in [3.63, 3.8) is 0 Å². The van der Waals surface area contributed by atoms with E-state index in [1.54, 1.807) is 24.3 Å². The van der Waals surface area contributed by atoms with E-state index in [0.29, 0.717) is 15.6 Å². The molecule has 1 heterocycles. The standard InChI is InChI=1S/C9H8N2O3/c1-14-11-8(12)6-4-2-3-5-7(6)10-9(11)13/h2-5H,1H3,(H,10,13). The van der Waals surface area contributed by atoms with Crippen molar-refractivity contribution in [2.45, 2.75) is 0 Å². The maximum Gasteiger partial charge on any atom is 0.362 e. The lowest BCUT2D eigenvalue weighted by Crippen LogP contribution is -2.38. The van der Waals surface area contributed by atoms with E-state index in [0.717, 1.165) is 0 Å². The third kappa shape index (κ3) is 1.10. The zero-order valence-corrected chi connectivity index (χ0v) is 7.48. The van der Waals surface area contributed by atoms with E-state index >= 15 is 0 Å². The molecule has 14 heavy (non-hydrogen) atoms. The second-order valence-corrected chi connectivity index (χ2v) is 2.76. The van der Waals surface area contributed by atoms with Crippen molar-refractivity contribution in [2.24, 2.45) is 0 Å². The molecule has 1 aromatic heterocycles. The van der Waals surface area contributed by atoms with Gasteiger partial charge in [0.05, 0.1) is 10.9 Å². The maximum absolute atomic E-state index is 11.6. The van der Waals surface area contributed by atoms with E-state index in [2.05, 4.69) is 9.82 Å². The highest BCUT2D eigenvalue weighted by molar-refractivity contribution is 5.76. The molecule has 0 bridgehead atoms. The third-order valence-electron chi connectivity index (χ3n) is 1.95. The molecular weight excluding hydrogens is 184 g/mol. The molecule has 0 aliphatic heterocycles. The Morgan fingerprint density at radius 1 is 1.29 bits per heavy atom. The number of H-pyrrole nitrogens is 1. The summed E-state index contributed by atoms with van der Waals surface area (Å²) in [6, 6.07) is 6.76. The predicted octanol–water partition coefficient (Wildman–Crippen LogP) is -0.252. The largest absolute Gasteiger partial charge is 0.409 e. The average Bonchev–Trinajstić information content (AvgIpc) is 2.18. The molecule has 72 valence electrons. The lowest BCUT2D eigenvalue weighted by atomic mass is 10.2. The molecule has 0 spiro atoms. The number of nitrogens with zero attached hydrogens (tertiary/aromatic N) is 1. The highest BCUT2D eigenvalue weighted by Gasteiger charge is 2.05. The van der Waals surface area contributed by atoms with E-state index in [1.807, 2.05) is 0 Å². The van der Waals surface area contributed by atoms with Crippen LogP contribution in [0.1, 0.15) is 0 Å². The van der Waals surface area contributed by atoms with Crippen molar-refractivity contribution in [2.75, 3.05) is 7.11 Å². The summed E-state index contributed by atoms with van der Waals surface area (Å²) >= 11 is 0. The van der Waals surface area contributed by atoms with Crippen LogP contribution in [0.5, 0.6) is 0 Å². The van der Waals surface area contributed by atoms with E-state index in [1.165, 1.54) is 7.11 Å². The maximum atomic E-state index is 11.6. The first-order chi connectivity index (χ1) is 6.74. The number of para-hydroxylation sites is 1. The Kier molecular flexibility index (Phi) is 1.85. The molecule has 1 aromatic carbocycles. The minimum atomic E-state index is -0.573. The second-order valence-electron chi connectivity index (χ2n) is 2.76. The van der Waals surface area contributed by atoms with E-state index < -0.39 is 11.2 Å². The molecule has 2 aromatic rings. The van der Waals surface area contributed by atoms with Gasteiger partial charge in [0.25, 0.3) is 5.56 Å². The highest BCUT2D eigenvalue weighted by atomic mass is 16.7. The van der Waals surface area contributed by atoms with Gasteiger partial charge in [-0.2, -0.15) is 0 Å². The first-order valence-corrected chi connectivity index (χ1v) is 4.02. The van der Waals surface area contributed by atoms with Crippen LogP contribution in [0.4, 0.5) is 0 Å². The number of hydrogen-bond acceptors (Lipinski definition) is 3. The van der Waals surface area contributed by atoms with Crippen molar-refractivity contribution >= 4 is 10.9 Å². The Balaban J connectivity index is 3.01. The van der Waals surface area contributed by atoms with Gasteiger partial charge in [-0.3, -0.25) is 4.79 Å². The van der Waals surface area contributed by atoms with Crippen molar-refractivity contribution in [3.8, 4) is 0 Å². The van der Waals surface area contributed by atoms with Gasteiger partial charge in [-0.25, -0.2) is 4.79 Å². The van der Waals surface area contributed by atoms with Gasteiger partial charge in [0, 0.05) is 0 Å². The summed E-state index contributed by atoms with van der Waals surface area (Å²) in [5.74, 6) is 0. The summed E-state index contributed by atoms with van der Waals surface area (Å²) in [6.07, 6.45) is 0. The minimum Gasteiger partial charge on any atom is -0.409 e. The van der Waals surface area contributed by atoms with Crippen LogP contribution in [0.3, 0.4) is 0 Å². The van der Waals surface area contributed by atoms with Gasteiger partial charge < -0.3 is 9.82 Å². The second kappa shape index (κ2) is 3.02. The van der Waals surface area contributed by atoms with Crippen molar-refractivity contribution in [1.82, 2.24) is 9.71 Å². The first kappa shape index (κ1) is 8.55. The van der Waals surface area contributed by atoms with Crippen LogP contribution in [-0.4, -0.2) is 16.8 Å². The van der Waals surface area contributed by atoms with Crippen molar-refractivity contribution in [3.05, 3.63) is 45.1 Å². The van der Waals surface area contributed by atoms with Gasteiger partial charge in [-0.05, 0) is 12.1 Å². The molecule has 0 unspecified atom stereocenters. The fourth-order valence-corrected chi connectivity index (χ4v) is 1.31. The summed E-state index contributed by atoms with van der Waals surface area (Å²) in [5.41, 5.74) is -0.515. The Morgan fingerprint density at radius 3 is 2.71 bits per heavy atom. The van der Waals surface area contributed by atoms with Crippen molar-refractivity contribution < 1.29 is 4.84 Å². The van der Waals surface area contributed by atoms with Crippen LogP contribution in [0.2, 0.25) is 0 Å². The molecule has 0 atom stereocenters. The number of rotatable bonds is 1. The van der Waals surface area contributed by atoms with E-state index in [-0.39, 0.29) is 0 Å². The molecule has 5 heteroatoms. The lowest BCUT2D eigenvalue weighted by molar-refractivity contribution is 0.146. The quantitative estimate of drug-likeness (QED) is 0.677.